The van der Waals surface area contributed by atoms with Crippen molar-refractivity contribution in [1.29, 1.82) is 5.26 Å². The highest BCUT2D eigenvalue weighted by atomic mass is 79.9. The zero-order chi connectivity index (χ0) is 17.4. The van der Waals surface area contributed by atoms with Gasteiger partial charge in [0.05, 0.1) is 11.6 Å². The fraction of sp³-hybridized carbons (Fsp3) is 0. The number of nitrogens with zero attached hydrogens (tertiary/aromatic N) is 3. The van der Waals surface area contributed by atoms with Crippen LogP contribution >= 0.6 is 31.9 Å². The Bertz CT molecular complexity index is 795. The molecule has 2 heterocycles. The Morgan fingerprint density at radius 2 is 1.50 bits per heavy atom. The summed E-state index contributed by atoms with van der Waals surface area (Å²) in [5, 5.41) is 8.64. The molecule has 120 valence electrons. The molecular weight excluding hydrogens is 441 g/mol. The van der Waals surface area contributed by atoms with Crippen molar-refractivity contribution in [3.63, 3.8) is 0 Å². The fourth-order valence-electron chi connectivity index (χ4n) is 1.50. The van der Waals surface area contributed by atoms with Gasteiger partial charge >= 0.3 is 0 Å². The smallest absolute Gasteiger partial charge is 0.219 e. The van der Waals surface area contributed by atoms with Gasteiger partial charge in [-0.1, -0.05) is 0 Å². The van der Waals surface area contributed by atoms with Gasteiger partial charge < -0.3 is 4.74 Å². The highest BCUT2D eigenvalue weighted by Crippen LogP contribution is 2.20. The molecule has 4 nitrogen and oxygen atoms in total. The lowest BCUT2D eigenvalue weighted by Gasteiger charge is -2.03. The number of nitriles is 1. The van der Waals surface area contributed by atoms with Crippen LogP contribution in [0.1, 0.15) is 5.56 Å². The first-order chi connectivity index (χ1) is 11.6. The fourth-order valence-corrected chi connectivity index (χ4v) is 1.97. The maximum atomic E-state index is 12.0. The van der Waals surface area contributed by atoms with E-state index in [-0.39, 0.29) is 0 Å². The highest BCUT2D eigenvalue weighted by molar-refractivity contribution is 9.10. The molecule has 0 aliphatic carbocycles. The van der Waals surface area contributed by atoms with Crippen LogP contribution in [-0.2, 0) is 0 Å². The molecule has 0 saturated carbocycles. The zero-order valence-electron chi connectivity index (χ0n) is 12.2. The predicted octanol–water partition coefficient (Wildman–Crippen LogP) is 5.49. The van der Waals surface area contributed by atoms with E-state index in [1.807, 2.05) is 12.1 Å². The van der Waals surface area contributed by atoms with E-state index in [9.17, 15) is 4.39 Å². The normalized spacial score (nSPS) is 9.42. The van der Waals surface area contributed by atoms with Crippen molar-refractivity contribution >= 4 is 31.9 Å². The second-order valence-electron chi connectivity index (χ2n) is 4.35. The first kappa shape index (κ1) is 18.0. The van der Waals surface area contributed by atoms with E-state index in [0.29, 0.717) is 17.2 Å². The van der Waals surface area contributed by atoms with Gasteiger partial charge in [0.25, 0.3) is 0 Å². The van der Waals surface area contributed by atoms with Gasteiger partial charge in [-0.25, -0.2) is 9.97 Å². The summed E-state index contributed by atoms with van der Waals surface area (Å²) in [6.45, 7) is 0. The summed E-state index contributed by atoms with van der Waals surface area (Å²) in [5.41, 5.74) is 0.608. The number of benzene rings is 1. The maximum absolute atomic E-state index is 12.0. The Labute approximate surface area is 155 Å². The number of aromatic nitrogens is 2. The number of rotatable bonds is 2. The third-order valence-electron chi connectivity index (χ3n) is 2.60. The maximum Gasteiger partial charge on any atom is 0.219 e. The van der Waals surface area contributed by atoms with Crippen molar-refractivity contribution in [2.75, 3.05) is 0 Å². The minimum absolute atomic E-state index is 0.451. The molecule has 0 unspecified atom stereocenters. The molecule has 0 aliphatic rings. The summed E-state index contributed by atoms with van der Waals surface area (Å²) in [6, 6.07) is 15.4. The summed E-state index contributed by atoms with van der Waals surface area (Å²) >= 11 is 6.41. The van der Waals surface area contributed by atoms with Crippen LogP contribution in [0.2, 0.25) is 0 Å². The number of hydrogen-bond acceptors (Lipinski definition) is 4. The largest absolute Gasteiger partial charge is 0.439 e. The number of halogens is 3. The van der Waals surface area contributed by atoms with E-state index in [1.165, 1.54) is 12.3 Å². The minimum Gasteiger partial charge on any atom is -0.439 e. The molecule has 3 rings (SSSR count). The lowest BCUT2D eigenvalue weighted by atomic mass is 10.2. The van der Waals surface area contributed by atoms with Crippen molar-refractivity contribution in [2.24, 2.45) is 0 Å². The molecule has 3 aromatic rings. The average molecular weight is 451 g/mol. The molecule has 0 amide bonds. The van der Waals surface area contributed by atoms with Gasteiger partial charge in [-0.15, -0.1) is 0 Å². The van der Waals surface area contributed by atoms with Crippen molar-refractivity contribution in [2.45, 2.75) is 0 Å². The zero-order valence-corrected chi connectivity index (χ0v) is 15.3. The average Bonchev–Trinajstić information content (AvgIpc) is 2.61. The molecule has 0 N–H and O–H groups in total. The standard InChI is InChI=1S/C12H7BrN2O.C5H3BrFN/c13-10-3-6-12(15-8-10)16-11-4-1-9(7-14)2-5-11;6-4-1-2-5(7)8-3-4/h1-6,8H;1-3H. The molecule has 0 radical (unpaired) electrons. The molecule has 0 bridgehead atoms. The van der Waals surface area contributed by atoms with Crippen LogP contribution in [0.25, 0.3) is 0 Å². The summed E-state index contributed by atoms with van der Waals surface area (Å²) in [4.78, 5) is 7.45. The van der Waals surface area contributed by atoms with Gasteiger partial charge in [-0.3, -0.25) is 0 Å². The quantitative estimate of drug-likeness (QED) is 0.484. The highest BCUT2D eigenvalue weighted by Gasteiger charge is 1.98. The van der Waals surface area contributed by atoms with E-state index in [0.717, 1.165) is 8.95 Å². The Balaban J connectivity index is 0.000000219. The Kier molecular flexibility index (Phi) is 6.85. The molecule has 24 heavy (non-hydrogen) atoms. The second-order valence-corrected chi connectivity index (χ2v) is 6.18. The molecule has 2 aromatic heterocycles. The molecule has 0 spiro atoms. The Hall–Kier alpha value is -2.30. The first-order valence-corrected chi connectivity index (χ1v) is 8.22. The van der Waals surface area contributed by atoms with E-state index < -0.39 is 5.95 Å². The third kappa shape index (κ3) is 6.07. The van der Waals surface area contributed by atoms with Gasteiger partial charge in [0.15, 0.2) is 0 Å². The van der Waals surface area contributed by atoms with E-state index in [2.05, 4.69) is 41.8 Å². The monoisotopic (exact) mass is 449 g/mol. The van der Waals surface area contributed by atoms with Crippen molar-refractivity contribution in [1.82, 2.24) is 9.97 Å². The number of hydrogen-bond donors (Lipinski definition) is 0. The Morgan fingerprint density at radius 1 is 0.875 bits per heavy atom. The topological polar surface area (TPSA) is 58.8 Å². The molecule has 0 aliphatic heterocycles. The van der Waals surface area contributed by atoms with E-state index in [4.69, 9.17) is 10.00 Å². The van der Waals surface area contributed by atoms with Crippen LogP contribution < -0.4 is 4.74 Å². The van der Waals surface area contributed by atoms with E-state index >= 15 is 0 Å². The minimum atomic E-state index is -0.451. The van der Waals surface area contributed by atoms with E-state index in [1.54, 1.807) is 42.6 Å². The molecule has 0 saturated heterocycles. The van der Waals surface area contributed by atoms with Crippen molar-refractivity contribution in [3.8, 4) is 17.7 Å². The summed E-state index contributed by atoms with van der Waals surface area (Å²) < 4.78 is 19.1. The van der Waals surface area contributed by atoms with Gasteiger partial charge in [-0.05, 0) is 74.3 Å². The molecule has 0 atom stereocenters. The van der Waals surface area contributed by atoms with Gasteiger partial charge in [0.2, 0.25) is 11.8 Å². The number of pyridine rings is 2. The second kappa shape index (κ2) is 9.11. The summed E-state index contributed by atoms with van der Waals surface area (Å²) in [6.07, 6.45) is 3.08. The molecule has 1 aromatic carbocycles. The van der Waals surface area contributed by atoms with Crippen LogP contribution in [0.5, 0.6) is 11.6 Å². The summed E-state index contributed by atoms with van der Waals surface area (Å²) in [5.74, 6) is 0.731. The predicted molar refractivity (Wildman–Crippen MR) is 95.1 cm³/mol. The van der Waals surface area contributed by atoms with Crippen molar-refractivity contribution in [3.05, 3.63) is 81.4 Å². The lowest BCUT2D eigenvalue weighted by Crippen LogP contribution is -1.87. The Morgan fingerprint density at radius 3 is 1.96 bits per heavy atom. The van der Waals surface area contributed by atoms with Crippen molar-refractivity contribution < 1.29 is 9.13 Å². The van der Waals surface area contributed by atoms with Gasteiger partial charge in [0.1, 0.15) is 5.75 Å². The van der Waals surface area contributed by atoms with Gasteiger partial charge in [-0.2, -0.15) is 9.65 Å². The van der Waals surface area contributed by atoms with Crippen LogP contribution in [0.4, 0.5) is 4.39 Å². The molecule has 0 fully saturated rings. The van der Waals surface area contributed by atoms with Crippen LogP contribution in [-0.4, -0.2) is 9.97 Å². The lowest BCUT2D eigenvalue weighted by molar-refractivity contribution is 0.462. The first-order valence-electron chi connectivity index (χ1n) is 6.63. The van der Waals surface area contributed by atoms with Crippen LogP contribution in [0.3, 0.4) is 0 Å². The summed E-state index contributed by atoms with van der Waals surface area (Å²) in [7, 11) is 0. The van der Waals surface area contributed by atoms with Crippen LogP contribution in [0.15, 0.2) is 69.9 Å². The van der Waals surface area contributed by atoms with Crippen LogP contribution in [0, 0.1) is 17.3 Å². The molecular formula is C17H10Br2FN3O. The molecule has 7 heteroatoms. The number of ether oxygens (including phenoxy) is 1. The van der Waals surface area contributed by atoms with Gasteiger partial charge in [0, 0.05) is 27.4 Å². The third-order valence-corrected chi connectivity index (χ3v) is 3.54. The SMILES string of the molecule is Fc1ccc(Br)cn1.N#Cc1ccc(Oc2ccc(Br)cn2)cc1.